The molecule has 1 N–H and O–H groups in total. The fourth-order valence-corrected chi connectivity index (χ4v) is 2.56. The van der Waals surface area contributed by atoms with Crippen molar-refractivity contribution in [3.8, 4) is 6.07 Å². The van der Waals surface area contributed by atoms with E-state index in [9.17, 15) is 10.1 Å². The molecule has 1 heterocycles. The van der Waals surface area contributed by atoms with E-state index < -0.39 is 5.92 Å². The Hall–Kier alpha value is -2.86. The molecule has 102 valence electrons. The van der Waals surface area contributed by atoms with Crippen molar-refractivity contribution in [2.45, 2.75) is 6.04 Å². The third kappa shape index (κ3) is 2.56. The van der Waals surface area contributed by atoms with E-state index in [0.29, 0.717) is 0 Å². The molecule has 0 aliphatic carbocycles. The zero-order valence-corrected chi connectivity index (χ0v) is 11.4. The van der Waals surface area contributed by atoms with Crippen LogP contribution in [0, 0.1) is 17.2 Å². The molecule has 3 rings (SSSR count). The van der Waals surface area contributed by atoms with Crippen LogP contribution in [-0.4, -0.2) is 5.91 Å². The van der Waals surface area contributed by atoms with E-state index in [-0.39, 0.29) is 11.9 Å². The summed E-state index contributed by atoms with van der Waals surface area (Å²) in [4.78, 5) is 12.2. The highest BCUT2D eigenvalue weighted by molar-refractivity contribution is 5.97. The Labute approximate surface area is 123 Å². The van der Waals surface area contributed by atoms with Crippen LogP contribution in [-0.2, 0) is 4.79 Å². The van der Waals surface area contributed by atoms with Gasteiger partial charge in [0, 0.05) is 0 Å². The van der Waals surface area contributed by atoms with Gasteiger partial charge in [-0.05, 0) is 16.7 Å². The van der Waals surface area contributed by atoms with Gasteiger partial charge in [-0.3, -0.25) is 4.79 Å². The van der Waals surface area contributed by atoms with Crippen LogP contribution in [0.1, 0.15) is 17.2 Å². The summed E-state index contributed by atoms with van der Waals surface area (Å²) in [6, 6.07) is 21.2. The predicted molar refractivity (Wildman–Crippen MR) is 80.8 cm³/mol. The van der Waals surface area contributed by atoms with Crippen molar-refractivity contribution in [3.63, 3.8) is 0 Å². The van der Waals surface area contributed by atoms with E-state index in [1.807, 2.05) is 66.7 Å². The van der Waals surface area contributed by atoms with Crippen molar-refractivity contribution < 1.29 is 4.79 Å². The molecule has 0 fully saturated rings. The average Bonchev–Trinajstić information content (AvgIpc) is 2.55. The van der Waals surface area contributed by atoms with E-state index in [0.717, 1.165) is 16.7 Å². The van der Waals surface area contributed by atoms with E-state index in [2.05, 4.69) is 11.4 Å². The first-order valence-corrected chi connectivity index (χ1v) is 6.81. The largest absolute Gasteiger partial charge is 0.344 e. The van der Waals surface area contributed by atoms with Crippen LogP contribution in [0.2, 0.25) is 0 Å². The molecule has 0 bridgehead atoms. The minimum Gasteiger partial charge on any atom is -0.344 e. The SMILES string of the molecule is N#C[C@H]1C(=O)N[C@@H](c2ccccc2)C=C1c1ccccc1. The second kappa shape index (κ2) is 5.64. The number of benzene rings is 2. The predicted octanol–water partition coefficient (Wildman–Crippen LogP) is 3.08. The lowest BCUT2D eigenvalue weighted by atomic mass is 9.86. The van der Waals surface area contributed by atoms with Crippen LogP contribution in [0.5, 0.6) is 0 Å². The molecule has 0 radical (unpaired) electrons. The van der Waals surface area contributed by atoms with Crippen LogP contribution in [0.25, 0.3) is 5.57 Å². The lowest BCUT2D eigenvalue weighted by Gasteiger charge is -2.26. The molecule has 3 heteroatoms. The molecule has 2 aromatic rings. The van der Waals surface area contributed by atoms with E-state index in [1.54, 1.807) is 0 Å². The number of nitrogens with zero attached hydrogens (tertiary/aromatic N) is 1. The Balaban J connectivity index is 2.07. The first-order valence-electron chi connectivity index (χ1n) is 6.81. The number of nitriles is 1. The van der Waals surface area contributed by atoms with Crippen molar-refractivity contribution in [2.75, 3.05) is 0 Å². The molecule has 3 nitrogen and oxygen atoms in total. The molecule has 1 aliphatic heterocycles. The number of carbonyl (C=O) groups excluding carboxylic acids is 1. The third-order valence-electron chi connectivity index (χ3n) is 3.61. The topological polar surface area (TPSA) is 52.9 Å². The molecule has 0 spiro atoms. The lowest BCUT2D eigenvalue weighted by Crippen LogP contribution is -2.37. The Bertz CT molecular complexity index is 714. The number of hydrogen-bond acceptors (Lipinski definition) is 2. The summed E-state index contributed by atoms with van der Waals surface area (Å²) in [5.74, 6) is -1.000. The Morgan fingerprint density at radius 2 is 1.57 bits per heavy atom. The fourth-order valence-electron chi connectivity index (χ4n) is 2.56. The molecule has 0 unspecified atom stereocenters. The quantitative estimate of drug-likeness (QED) is 0.915. The van der Waals surface area contributed by atoms with Gasteiger partial charge in [0.05, 0.1) is 12.1 Å². The summed E-state index contributed by atoms with van der Waals surface area (Å²) in [5.41, 5.74) is 2.70. The Morgan fingerprint density at radius 3 is 2.19 bits per heavy atom. The Kier molecular flexibility index (Phi) is 3.53. The van der Waals surface area contributed by atoms with Crippen molar-refractivity contribution in [1.82, 2.24) is 5.32 Å². The second-order valence-corrected chi connectivity index (χ2v) is 4.95. The summed E-state index contributed by atoms with van der Waals surface area (Å²) >= 11 is 0. The third-order valence-corrected chi connectivity index (χ3v) is 3.61. The molecule has 2 aromatic carbocycles. The van der Waals surface area contributed by atoms with Crippen molar-refractivity contribution in [3.05, 3.63) is 77.9 Å². The highest BCUT2D eigenvalue weighted by atomic mass is 16.2. The molecular weight excluding hydrogens is 260 g/mol. The van der Waals surface area contributed by atoms with Crippen LogP contribution in [0.4, 0.5) is 0 Å². The van der Waals surface area contributed by atoms with Gasteiger partial charge < -0.3 is 5.32 Å². The number of carbonyl (C=O) groups is 1. The zero-order valence-electron chi connectivity index (χ0n) is 11.4. The molecular formula is C18H14N2O. The van der Waals surface area contributed by atoms with Crippen molar-refractivity contribution in [2.24, 2.45) is 5.92 Å². The van der Waals surface area contributed by atoms with Gasteiger partial charge in [-0.15, -0.1) is 0 Å². The van der Waals surface area contributed by atoms with Gasteiger partial charge in [0.25, 0.3) is 0 Å². The normalized spacial score (nSPS) is 21.1. The number of nitrogens with one attached hydrogen (secondary N) is 1. The standard InChI is InChI=1S/C18H14N2O/c19-12-16-15(13-7-3-1-4-8-13)11-17(20-18(16)21)14-9-5-2-6-10-14/h1-11,16-17H,(H,20,21)/t16-,17-/m1/s1. The summed E-state index contributed by atoms with van der Waals surface area (Å²) < 4.78 is 0. The summed E-state index contributed by atoms with van der Waals surface area (Å²) in [5, 5.41) is 12.2. The van der Waals surface area contributed by atoms with Crippen molar-refractivity contribution in [1.29, 1.82) is 5.26 Å². The van der Waals surface area contributed by atoms with Gasteiger partial charge >= 0.3 is 0 Å². The second-order valence-electron chi connectivity index (χ2n) is 4.95. The van der Waals surface area contributed by atoms with Gasteiger partial charge in [0.2, 0.25) is 5.91 Å². The summed E-state index contributed by atoms with van der Waals surface area (Å²) in [7, 11) is 0. The van der Waals surface area contributed by atoms with Crippen LogP contribution >= 0.6 is 0 Å². The zero-order chi connectivity index (χ0) is 14.7. The Morgan fingerprint density at radius 1 is 0.952 bits per heavy atom. The first-order chi connectivity index (χ1) is 10.3. The molecule has 0 aromatic heterocycles. The maximum atomic E-state index is 12.2. The van der Waals surface area contributed by atoms with Crippen molar-refractivity contribution >= 4 is 11.5 Å². The fraction of sp³-hybridized carbons (Fsp3) is 0.111. The molecule has 1 aliphatic rings. The van der Waals surface area contributed by atoms with Crippen LogP contribution in [0.3, 0.4) is 0 Å². The minimum absolute atomic E-state index is 0.196. The highest BCUT2D eigenvalue weighted by Crippen LogP contribution is 2.31. The van der Waals surface area contributed by atoms with E-state index in [1.165, 1.54) is 0 Å². The lowest BCUT2D eigenvalue weighted by molar-refractivity contribution is -0.122. The number of rotatable bonds is 2. The average molecular weight is 274 g/mol. The number of amides is 1. The van der Waals surface area contributed by atoms with Gasteiger partial charge in [0.15, 0.2) is 5.92 Å². The smallest absolute Gasteiger partial charge is 0.242 e. The summed E-state index contributed by atoms with van der Waals surface area (Å²) in [6.45, 7) is 0. The molecule has 1 amide bonds. The summed E-state index contributed by atoms with van der Waals surface area (Å²) in [6.07, 6.45) is 1.97. The number of hydrogen-bond donors (Lipinski definition) is 1. The van der Waals surface area contributed by atoms with Crippen LogP contribution in [0.15, 0.2) is 66.7 Å². The van der Waals surface area contributed by atoms with Gasteiger partial charge in [-0.2, -0.15) is 5.26 Å². The van der Waals surface area contributed by atoms with E-state index in [4.69, 9.17) is 0 Å². The van der Waals surface area contributed by atoms with Crippen LogP contribution < -0.4 is 5.32 Å². The highest BCUT2D eigenvalue weighted by Gasteiger charge is 2.31. The van der Waals surface area contributed by atoms with Gasteiger partial charge in [-0.1, -0.05) is 66.7 Å². The maximum Gasteiger partial charge on any atom is 0.242 e. The molecule has 21 heavy (non-hydrogen) atoms. The molecule has 0 saturated heterocycles. The van der Waals surface area contributed by atoms with Gasteiger partial charge in [0.1, 0.15) is 0 Å². The monoisotopic (exact) mass is 274 g/mol. The minimum atomic E-state index is -0.757. The van der Waals surface area contributed by atoms with Gasteiger partial charge in [-0.25, -0.2) is 0 Å². The first kappa shape index (κ1) is 13.1. The van der Waals surface area contributed by atoms with E-state index >= 15 is 0 Å². The molecule has 2 atom stereocenters. The maximum absolute atomic E-state index is 12.2. The molecule has 0 saturated carbocycles.